The summed E-state index contributed by atoms with van der Waals surface area (Å²) < 4.78 is 2.98. The molecule has 42 heavy (non-hydrogen) atoms. The molecule has 0 N–H and O–H groups in total. The van der Waals surface area contributed by atoms with E-state index < -0.39 is 0 Å². The normalized spacial score (nSPS) is 11.3. The van der Waals surface area contributed by atoms with E-state index in [2.05, 4.69) is 169 Å². The van der Waals surface area contributed by atoms with Gasteiger partial charge in [0.05, 0.1) is 0 Å². The first kappa shape index (κ1) is 24.9. The summed E-state index contributed by atoms with van der Waals surface area (Å²) in [7, 11) is 0. The van der Waals surface area contributed by atoms with Crippen LogP contribution in [0.2, 0.25) is 0 Å². The second-order valence-corrected chi connectivity index (χ2v) is 12.8. The standard InChI is InChI=1S/C40H27NSe/c1-3-11-28(12-4-1)29-21-24-33(25-22-29)41(32-15-5-2-6-16-32)34-17-9-14-31(27-34)35-19-10-13-30-23-26-37-36-18-7-8-20-38(36)42-40(37)39(30)35/h1-27H. The first-order chi connectivity index (χ1) is 20.8. The van der Waals surface area contributed by atoms with Crippen LogP contribution in [0, 0.1) is 0 Å². The quantitative estimate of drug-likeness (QED) is 0.178. The van der Waals surface area contributed by atoms with Crippen LogP contribution >= 0.6 is 0 Å². The summed E-state index contributed by atoms with van der Waals surface area (Å²) in [5, 5.41) is 5.49. The molecule has 8 aromatic rings. The fraction of sp³-hybridized carbons (Fsp3) is 0. The van der Waals surface area contributed by atoms with Crippen molar-refractivity contribution in [2.75, 3.05) is 4.90 Å². The number of fused-ring (bicyclic) bond motifs is 5. The molecule has 0 unspecified atom stereocenters. The summed E-state index contributed by atoms with van der Waals surface area (Å²) >= 11 is 0.287. The summed E-state index contributed by atoms with van der Waals surface area (Å²) in [6, 6.07) is 59.4. The molecule has 0 saturated carbocycles. The Hall–Kier alpha value is -4.88. The molecule has 0 saturated heterocycles. The third kappa shape index (κ3) is 4.33. The average Bonchev–Trinajstić information content (AvgIpc) is 3.45. The van der Waals surface area contributed by atoms with Crippen LogP contribution in [0.1, 0.15) is 0 Å². The van der Waals surface area contributed by atoms with Crippen molar-refractivity contribution in [1.82, 2.24) is 0 Å². The number of benzene rings is 7. The summed E-state index contributed by atoms with van der Waals surface area (Å²) in [6.45, 7) is 0. The molecular weight excluding hydrogens is 573 g/mol. The van der Waals surface area contributed by atoms with E-state index in [0.29, 0.717) is 0 Å². The zero-order valence-electron chi connectivity index (χ0n) is 22.9. The Morgan fingerprint density at radius 1 is 0.405 bits per heavy atom. The minimum Gasteiger partial charge on any atom is -0.0617 e. The van der Waals surface area contributed by atoms with Gasteiger partial charge in [0, 0.05) is 0 Å². The van der Waals surface area contributed by atoms with Crippen molar-refractivity contribution >= 4 is 61.6 Å². The van der Waals surface area contributed by atoms with Crippen molar-refractivity contribution in [3.8, 4) is 22.3 Å². The zero-order chi connectivity index (χ0) is 27.9. The second-order valence-electron chi connectivity index (χ2n) is 10.6. The predicted molar refractivity (Wildman–Crippen MR) is 181 cm³/mol. The molecular formula is C40H27NSe. The van der Waals surface area contributed by atoms with E-state index in [-0.39, 0.29) is 14.5 Å². The maximum atomic E-state index is 2.35. The largest absolute Gasteiger partial charge is 0.0617 e. The molecule has 8 rings (SSSR count). The van der Waals surface area contributed by atoms with E-state index in [9.17, 15) is 0 Å². The Balaban J connectivity index is 1.29. The average molecular weight is 601 g/mol. The van der Waals surface area contributed by atoms with E-state index >= 15 is 0 Å². The van der Waals surface area contributed by atoms with Crippen LogP contribution in [-0.4, -0.2) is 14.5 Å². The molecule has 0 aliphatic heterocycles. The van der Waals surface area contributed by atoms with Crippen molar-refractivity contribution in [3.63, 3.8) is 0 Å². The molecule has 7 aromatic carbocycles. The van der Waals surface area contributed by atoms with Crippen LogP contribution in [0.15, 0.2) is 164 Å². The van der Waals surface area contributed by atoms with Crippen LogP contribution in [0.25, 0.3) is 52.3 Å². The number of nitrogens with zero attached hydrogens (tertiary/aromatic N) is 1. The zero-order valence-corrected chi connectivity index (χ0v) is 24.7. The fourth-order valence-corrected chi connectivity index (χ4v) is 8.73. The summed E-state index contributed by atoms with van der Waals surface area (Å²) in [5.41, 5.74) is 8.39. The van der Waals surface area contributed by atoms with E-state index in [1.165, 1.54) is 52.3 Å². The molecule has 1 aromatic heterocycles. The monoisotopic (exact) mass is 601 g/mol. The molecule has 0 radical (unpaired) electrons. The molecule has 1 heterocycles. The van der Waals surface area contributed by atoms with E-state index in [4.69, 9.17) is 0 Å². The van der Waals surface area contributed by atoms with Crippen molar-refractivity contribution in [2.24, 2.45) is 0 Å². The molecule has 2 heteroatoms. The minimum absolute atomic E-state index is 0.287. The summed E-state index contributed by atoms with van der Waals surface area (Å²) in [6.07, 6.45) is 0. The number of hydrogen-bond donors (Lipinski definition) is 0. The number of hydrogen-bond acceptors (Lipinski definition) is 1. The Bertz CT molecular complexity index is 2180. The number of para-hydroxylation sites is 1. The second kappa shape index (κ2) is 10.5. The minimum atomic E-state index is 0.287. The first-order valence-corrected chi connectivity index (χ1v) is 16.0. The Labute approximate surface area is 251 Å². The van der Waals surface area contributed by atoms with Gasteiger partial charge < -0.3 is 0 Å². The van der Waals surface area contributed by atoms with Gasteiger partial charge in [0.15, 0.2) is 0 Å². The third-order valence-corrected chi connectivity index (χ3v) is 10.6. The fourth-order valence-electron chi connectivity index (χ4n) is 6.06. The van der Waals surface area contributed by atoms with Crippen LogP contribution in [-0.2, 0) is 0 Å². The first-order valence-electron chi connectivity index (χ1n) is 14.3. The van der Waals surface area contributed by atoms with Crippen molar-refractivity contribution in [2.45, 2.75) is 0 Å². The third-order valence-electron chi connectivity index (χ3n) is 8.05. The SMILES string of the molecule is c1ccc(-c2ccc(N(c3ccccc3)c3cccc(-c4cccc5ccc6c7ccccc7[se]c6c45)c3)cc2)cc1. The maximum Gasteiger partial charge on any atom is -0.0544 e. The van der Waals surface area contributed by atoms with Crippen LogP contribution in [0.3, 0.4) is 0 Å². The molecule has 1 nitrogen and oxygen atoms in total. The Morgan fingerprint density at radius 3 is 1.88 bits per heavy atom. The Morgan fingerprint density at radius 2 is 1.05 bits per heavy atom. The molecule has 0 aliphatic carbocycles. The van der Waals surface area contributed by atoms with E-state index in [1.54, 1.807) is 0 Å². The number of anilines is 3. The van der Waals surface area contributed by atoms with Gasteiger partial charge in [0.25, 0.3) is 0 Å². The van der Waals surface area contributed by atoms with E-state index in [0.717, 1.165) is 17.1 Å². The molecule has 0 atom stereocenters. The molecule has 0 aliphatic rings. The van der Waals surface area contributed by atoms with Gasteiger partial charge in [0.1, 0.15) is 0 Å². The predicted octanol–water partition coefficient (Wildman–Crippen LogP) is 11.0. The van der Waals surface area contributed by atoms with Gasteiger partial charge in [-0.15, -0.1) is 0 Å². The van der Waals surface area contributed by atoms with Gasteiger partial charge >= 0.3 is 222 Å². The van der Waals surface area contributed by atoms with Crippen molar-refractivity contribution in [3.05, 3.63) is 164 Å². The smallest absolute Gasteiger partial charge is 0.0544 e. The maximum absolute atomic E-state index is 2.35. The van der Waals surface area contributed by atoms with Crippen molar-refractivity contribution in [1.29, 1.82) is 0 Å². The molecule has 0 amide bonds. The van der Waals surface area contributed by atoms with Crippen molar-refractivity contribution < 1.29 is 0 Å². The molecule has 198 valence electrons. The Kier molecular flexibility index (Phi) is 6.22. The summed E-state index contributed by atoms with van der Waals surface area (Å²) in [5.74, 6) is 0. The molecule has 0 spiro atoms. The van der Waals surface area contributed by atoms with E-state index in [1.807, 2.05) is 0 Å². The van der Waals surface area contributed by atoms with Gasteiger partial charge in [-0.2, -0.15) is 0 Å². The van der Waals surface area contributed by atoms with Crippen LogP contribution in [0.5, 0.6) is 0 Å². The van der Waals surface area contributed by atoms with Gasteiger partial charge in [-0.05, 0) is 0 Å². The van der Waals surface area contributed by atoms with Gasteiger partial charge in [-0.25, -0.2) is 0 Å². The number of rotatable bonds is 5. The van der Waals surface area contributed by atoms with Crippen LogP contribution in [0.4, 0.5) is 17.1 Å². The van der Waals surface area contributed by atoms with Crippen LogP contribution < -0.4 is 4.90 Å². The van der Waals surface area contributed by atoms with Gasteiger partial charge in [-0.1, -0.05) is 30.3 Å². The van der Waals surface area contributed by atoms with Gasteiger partial charge in [0.2, 0.25) is 0 Å². The van der Waals surface area contributed by atoms with Gasteiger partial charge in [-0.3, -0.25) is 0 Å². The molecule has 0 fully saturated rings. The summed E-state index contributed by atoms with van der Waals surface area (Å²) in [4.78, 5) is 2.35. The topological polar surface area (TPSA) is 3.24 Å². The molecule has 0 bridgehead atoms.